The number of thioether (sulfide) groups is 1. The number of nitrogens with zero attached hydrogens (tertiary/aromatic N) is 1. The quantitative estimate of drug-likeness (QED) is 0.622. The molecular formula is C15H17N3O3S. The molecule has 0 saturated carbocycles. The van der Waals surface area contributed by atoms with Crippen LogP contribution >= 0.6 is 11.8 Å². The largest absolute Gasteiger partial charge is 0.497 e. The van der Waals surface area contributed by atoms with Gasteiger partial charge in [-0.1, -0.05) is 23.9 Å². The molecule has 7 heteroatoms. The van der Waals surface area contributed by atoms with E-state index in [1.165, 1.54) is 11.8 Å². The van der Waals surface area contributed by atoms with E-state index in [1.807, 2.05) is 31.2 Å². The van der Waals surface area contributed by atoms with Gasteiger partial charge in [-0.3, -0.25) is 4.79 Å². The molecule has 1 heterocycles. The number of rotatable bonds is 6. The number of hydrogen-bond acceptors (Lipinski definition) is 5. The van der Waals surface area contributed by atoms with E-state index < -0.39 is 5.69 Å². The highest BCUT2D eigenvalue weighted by molar-refractivity contribution is 7.99. The zero-order chi connectivity index (χ0) is 15.9. The minimum Gasteiger partial charge on any atom is -0.497 e. The van der Waals surface area contributed by atoms with Crippen molar-refractivity contribution in [2.75, 3.05) is 12.9 Å². The number of carbonyl (C=O) groups is 1. The van der Waals surface area contributed by atoms with E-state index in [0.717, 1.165) is 16.9 Å². The molecule has 0 atom stereocenters. The lowest BCUT2D eigenvalue weighted by atomic mass is 10.2. The summed E-state index contributed by atoms with van der Waals surface area (Å²) in [5, 5.41) is 3.40. The summed E-state index contributed by atoms with van der Waals surface area (Å²) in [5.74, 6) is 0.847. The van der Waals surface area contributed by atoms with Crippen molar-refractivity contribution in [1.82, 2.24) is 15.3 Å². The first-order valence-corrected chi connectivity index (χ1v) is 7.66. The van der Waals surface area contributed by atoms with Crippen LogP contribution in [0.1, 0.15) is 11.1 Å². The highest BCUT2D eigenvalue weighted by Gasteiger charge is 2.07. The fraction of sp³-hybridized carbons (Fsp3) is 0.267. The number of aromatic amines is 1. The molecule has 0 bridgehead atoms. The molecule has 0 radical (unpaired) electrons. The number of methoxy groups -OCH3 is 1. The van der Waals surface area contributed by atoms with Crippen molar-refractivity contribution in [2.24, 2.45) is 0 Å². The lowest BCUT2D eigenvalue weighted by Crippen LogP contribution is -2.24. The van der Waals surface area contributed by atoms with Crippen molar-refractivity contribution in [3.05, 3.63) is 52.1 Å². The maximum absolute atomic E-state index is 11.9. The second kappa shape index (κ2) is 7.65. The summed E-state index contributed by atoms with van der Waals surface area (Å²) in [7, 11) is 1.60. The van der Waals surface area contributed by atoms with Gasteiger partial charge in [-0.05, 0) is 30.2 Å². The topological polar surface area (TPSA) is 84.1 Å². The molecule has 0 saturated heterocycles. The van der Waals surface area contributed by atoms with E-state index in [9.17, 15) is 9.59 Å². The molecule has 0 aliphatic carbocycles. The van der Waals surface area contributed by atoms with Gasteiger partial charge in [0.25, 0.3) is 0 Å². The highest BCUT2D eigenvalue weighted by Crippen LogP contribution is 2.17. The van der Waals surface area contributed by atoms with Gasteiger partial charge in [0.15, 0.2) is 0 Å². The van der Waals surface area contributed by atoms with Crippen LogP contribution in [0.15, 0.2) is 40.3 Å². The molecule has 2 rings (SSSR count). The Balaban J connectivity index is 1.85. The summed E-state index contributed by atoms with van der Waals surface area (Å²) in [6.07, 6.45) is 1.59. The highest BCUT2D eigenvalue weighted by atomic mass is 32.2. The molecule has 2 aromatic rings. The van der Waals surface area contributed by atoms with Crippen LogP contribution < -0.4 is 15.7 Å². The van der Waals surface area contributed by atoms with Gasteiger partial charge in [-0.15, -0.1) is 0 Å². The molecule has 116 valence electrons. The number of aryl methyl sites for hydroxylation is 1. The van der Waals surface area contributed by atoms with E-state index in [-0.39, 0.29) is 11.7 Å². The van der Waals surface area contributed by atoms with Gasteiger partial charge >= 0.3 is 5.69 Å². The third-order valence-corrected chi connectivity index (χ3v) is 4.01. The number of aromatic nitrogens is 2. The van der Waals surface area contributed by atoms with E-state index in [2.05, 4.69) is 15.3 Å². The Kier molecular flexibility index (Phi) is 5.60. The van der Waals surface area contributed by atoms with Crippen molar-refractivity contribution in [2.45, 2.75) is 18.5 Å². The Labute approximate surface area is 132 Å². The normalized spacial score (nSPS) is 10.3. The molecule has 0 aliphatic heterocycles. The predicted octanol–water partition coefficient (Wildman–Crippen LogP) is 1.50. The Morgan fingerprint density at radius 1 is 1.45 bits per heavy atom. The standard InChI is InChI=1S/C15H17N3O3S/c1-10-7-17-15(20)18-14(10)22-9-13(19)16-8-11-4-3-5-12(6-11)21-2/h3-7H,8-9H2,1-2H3,(H,16,19)(H,17,18,20). The Bertz CT molecular complexity index is 715. The fourth-order valence-electron chi connectivity index (χ4n) is 1.76. The van der Waals surface area contributed by atoms with E-state index in [4.69, 9.17) is 4.74 Å². The van der Waals surface area contributed by atoms with E-state index >= 15 is 0 Å². The van der Waals surface area contributed by atoms with Gasteiger partial charge in [0, 0.05) is 12.7 Å². The third-order valence-electron chi connectivity index (χ3n) is 2.92. The van der Waals surface area contributed by atoms with Crippen molar-refractivity contribution < 1.29 is 9.53 Å². The molecule has 0 spiro atoms. The number of benzene rings is 1. The van der Waals surface area contributed by atoms with Gasteiger partial charge in [-0.2, -0.15) is 4.98 Å². The van der Waals surface area contributed by atoms with Gasteiger partial charge in [-0.25, -0.2) is 4.79 Å². The lowest BCUT2D eigenvalue weighted by molar-refractivity contribution is -0.118. The summed E-state index contributed by atoms with van der Waals surface area (Å²) in [6.45, 7) is 2.26. The van der Waals surface area contributed by atoms with Crippen molar-refractivity contribution in [3.63, 3.8) is 0 Å². The molecule has 2 N–H and O–H groups in total. The smallest absolute Gasteiger partial charge is 0.345 e. The molecule has 0 fully saturated rings. The predicted molar refractivity (Wildman–Crippen MR) is 85.2 cm³/mol. The summed E-state index contributed by atoms with van der Waals surface area (Å²) >= 11 is 1.24. The Morgan fingerprint density at radius 3 is 3.05 bits per heavy atom. The van der Waals surface area contributed by atoms with Crippen LogP contribution in [-0.2, 0) is 11.3 Å². The molecular weight excluding hydrogens is 302 g/mol. The molecule has 1 amide bonds. The lowest BCUT2D eigenvalue weighted by Gasteiger charge is -2.07. The number of amides is 1. The number of hydrogen-bond donors (Lipinski definition) is 2. The summed E-state index contributed by atoms with van der Waals surface area (Å²) < 4.78 is 5.13. The van der Waals surface area contributed by atoms with Crippen molar-refractivity contribution in [3.8, 4) is 5.75 Å². The zero-order valence-corrected chi connectivity index (χ0v) is 13.2. The molecule has 0 aliphatic rings. The number of ether oxygens (including phenoxy) is 1. The maximum Gasteiger partial charge on any atom is 0.345 e. The second-order valence-corrected chi connectivity index (χ2v) is 5.57. The average Bonchev–Trinajstić information content (AvgIpc) is 2.54. The van der Waals surface area contributed by atoms with Crippen LogP contribution in [-0.4, -0.2) is 28.7 Å². The summed E-state index contributed by atoms with van der Waals surface area (Å²) in [6, 6.07) is 7.51. The third kappa shape index (κ3) is 4.63. The van der Waals surface area contributed by atoms with Gasteiger partial charge in [0.2, 0.25) is 5.91 Å². The molecule has 1 aromatic carbocycles. The monoisotopic (exact) mass is 319 g/mol. The minimum atomic E-state index is -0.412. The Hall–Kier alpha value is -2.28. The van der Waals surface area contributed by atoms with Crippen LogP contribution in [0.5, 0.6) is 5.75 Å². The molecule has 1 aromatic heterocycles. The van der Waals surface area contributed by atoms with Gasteiger partial charge in [0.1, 0.15) is 10.8 Å². The van der Waals surface area contributed by atoms with Crippen LogP contribution in [0.25, 0.3) is 0 Å². The first-order valence-electron chi connectivity index (χ1n) is 6.67. The van der Waals surface area contributed by atoms with Crippen LogP contribution in [0.3, 0.4) is 0 Å². The van der Waals surface area contributed by atoms with Crippen molar-refractivity contribution >= 4 is 17.7 Å². The zero-order valence-electron chi connectivity index (χ0n) is 12.4. The van der Waals surface area contributed by atoms with Gasteiger partial charge in [0.05, 0.1) is 12.9 Å². The summed E-state index contributed by atoms with van der Waals surface area (Å²) in [5.41, 5.74) is 1.39. The maximum atomic E-state index is 11.9. The molecule has 22 heavy (non-hydrogen) atoms. The van der Waals surface area contributed by atoms with E-state index in [1.54, 1.807) is 13.3 Å². The molecule has 0 unspecified atom stereocenters. The first kappa shape index (κ1) is 16.1. The number of nitrogens with one attached hydrogen (secondary N) is 2. The average molecular weight is 319 g/mol. The minimum absolute atomic E-state index is 0.116. The summed E-state index contributed by atoms with van der Waals surface area (Å²) in [4.78, 5) is 29.4. The molecule has 6 nitrogen and oxygen atoms in total. The van der Waals surface area contributed by atoms with Crippen LogP contribution in [0.2, 0.25) is 0 Å². The van der Waals surface area contributed by atoms with Gasteiger partial charge < -0.3 is 15.0 Å². The van der Waals surface area contributed by atoms with E-state index in [0.29, 0.717) is 11.6 Å². The Morgan fingerprint density at radius 2 is 2.27 bits per heavy atom. The number of carbonyl (C=O) groups excluding carboxylic acids is 1. The van der Waals surface area contributed by atoms with Crippen LogP contribution in [0, 0.1) is 6.92 Å². The SMILES string of the molecule is COc1cccc(CNC(=O)CSc2nc(=O)[nH]cc2C)c1. The number of H-pyrrole nitrogens is 1. The second-order valence-electron chi connectivity index (χ2n) is 4.61. The van der Waals surface area contributed by atoms with Crippen LogP contribution in [0.4, 0.5) is 0 Å². The van der Waals surface area contributed by atoms with Crippen molar-refractivity contribution in [1.29, 1.82) is 0 Å². The fourth-order valence-corrected chi connectivity index (χ4v) is 2.56. The first-order chi connectivity index (χ1) is 10.6.